The van der Waals surface area contributed by atoms with Crippen LogP contribution in [0, 0.1) is 0 Å². The van der Waals surface area contributed by atoms with Gasteiger partial charge in [-0.15, -0.1) is 11.3 Å². The second-order valence-corrected chi connectivity index (χ2v) is 7.18. The molecule has 0 aliphatic heterocycles. The summed E-state index contributed by atoms with van der Waals surface area (Å²) in [7, 11) is 1.69. The quantitative estimate of drug-likeness (QED) is 0.762. The third kappa shape index (κ3) is 3.98. The van der Waals surface area contributed by atoms with Crippen LogP contribution < -0.4 is 10.1 Å². The maximum Gasteiger partial charge on any atom is 0.122 e. The first-order valence-electron chi connectivity index (χ1n) is 6.43. The number of halogens is 2. The molecule has 20 heavy (non-hydrogen) atoms. The first kappa shape index (κ1) is 15.8. The van der Waals surface area contributed by atoms with Gasteiger partial charge in [-0.1, -0.05) is 18.5 Å². The first-order valence-corrected chi connectivity index (χ1v) is 8.48. The molecule has 0 fully saturated rings. The van der Waals surface area contributed by atoms with Gasteiger partial charge in [-0.05, 0) is 69.7 Å². The van der Waals surface area contributed by atoms with E-state index >= 15 is 0 Å². The highest BCUT2D eigenvalue weighted by atomic mass is 79.9. The van der Waals surface area contributed by atoms with Gasteiger partial charge in [0.1, 0.15) is 5.75 Å². The van der Waals surface area contributed by atoms with Gasteiger partial charge in [-0.3, -0.25) is 0 Å². The molecule has 2 aromatic rings. The number of ether oxygens (including phenoxy) is 1. The largest absolute Gasteiger partial charge is 0.496 e. The van der Waals surface area contributed by atoms with Crippen molar-refractivity contribution < 1.29 is 4.74 Å². The number of hydrogen-bond acceptors (Lipinski definition) is 3. The van der Waals surface area contributed by atoms with Gasteiger partial charge in [-0.25, -0.2) is 0 Å². The van der Waals surface area contributed by atoms with Gasteiger partial charge < -0.3 is 10.1 Å². The fraction of sp³-hybridized carbons (Fsp3) is 0.333. The van der Waals surface area contributed by atoms with Crippen molar-refractivity contribution in [2.45, 2.75) is 19.4 Å². The molecule has 1 aromatic carbocycles. The van der Waals surface area contributed by atoms with E-state index in [1.807, 2.05) is 18.2 Å². The molecule has 1 N–H and O–H groups in total. The molecule has 0 amide bonds. The van der Waals surface area contributed by atoms with E-state index in [0.717, 1.165) is 33.1 Å². The van der Waals surface area contributed by atoms with E-state index in [0.29, 0.717) is 0 Å². The monoisotopic (exact) mass is 373 g/mol. The molecule has 0 aliphatic rings. The summed E-state index contributed by atoms with van der Waals surface area (Å²) in [5.74, 6) is 0.881. The van der Waals surface area contributed by atoms with E-state index in [1.165, 1.54) is 5.56 Å². The Morgan fingerprint density at radius 1 is 1.40 bits per heavy atom. The maximum absolute atomic E-state index is 6.10. The SMILES string of the molecule is CCNC(Cc1cc(Cl)ccc1OC)c1csc(Br)c1. The maximum atomic E-state index is 6.10. The molecule has 1 atom stereocenters. The van der Waals surface area contributed by atoms with Crippen molar-refractivity contribution in [2.75, 3.05) is 13.7 Å². The minimum absolute atomic E-state index is 0.259. The van der Waals surface area contributed by atoms with Crippen molar-refractivity contribution in [3.05, 3.63) is 49.6 Å². The van der Waals surface area contributed by atoms with Crippen molar-refractivity contribution in [1.82, 2.24) is 5.32 Å². The van der Waals surface area contributed by atoms with Crippen LogP contribution in [0.15, 0.2) is 33.4 Å². The summed E-state index contributed by atoms with van der Waals surface area (Å²) in [6.45, 7) is 3.03. The number of benzene rings is 1. The number of hydrogen-bond donors (Lipinski definition) is 1. The number of thiophene rings is 1. The standard InChI is InChI=1S/C15H17BrClNOS/c1-3-18-13(11-8-15(16)20-9-11)7-10-6-12(17)4-5-14(10)19-2/h4-6,8-9,13,18H,3,7H2,1-2H3. The van der Waals surface area contributed by atoms with E-state index in [2.05, 4.69) is 39.6 Å². The third-order valence-corrected chi connectivity index (χ3v) is 4.86. The molecule has 0 spiro atoms. The zero-order valence-electron chi connectivity index (χ0n) is 11.5. The van der Waals surface area contributed by atoms with E-state index in [-0.39, 0.29) is 6.04 Å². The minimum Gasteiger partial charge on any atom is -0.496 e. The predicted octanol–water partition coefficient (Wildman–Crippen LogP) is 5.07. The van der Waals surface area contributed by atoms with Gasteiger partial charge in [0.05, 0.1) is 10.9 Å². The van der Waals surface area contributed by atoms with E-state index < -0.39 is 0 Å². The highest BCUT2D eigenvalue weighted by molar-refractivity contribution is 9.11. The molecule has 1 unspecified atom stereocenters. The lowest BCUT2D eigenvalue weighted by Crippen LogP contribution is -2.22. The van der Waals surface area contributed by atoms with Crippen LogP contribution in [0.2, 0.25) is 5.02 Å². The minimum atomic E-state index is 0.259. The Morgan fingerprint density at radius 2 is 2.20 bits per heavy atom. The predicted molar refractivity (Wildman–Crippen MR) is 90.1 cm³/mol. The lowest BCUT2D eigenvalue weighted by atomic mass is 10.0. The highest BCUT2D eigenvalue weighted by Gasteiger charge is 2.15. The Bertz CT molecular complexity index is 573. The Morgan fingerprint density at radius 3 is 2.80 bits per heavy atom. The molecule has 2 rings (SSSR count). The lowest BCUT2D eigenvalue weighted by molar-refractivity contribution is 0.405. The van der Waals surface area contributed by atoms with Crippen molar-refractivity contribution in [2.24, 2.45) is 0 Å². The van der Waals surface area contributed by atoms with Crippen molar-refractivity contribution in [1.29, 1.82) is 0 Å². The van der Waals surface area contributed by atoms with Crippen LogP contribution in [-0.4, -0.2) is 13.7 Å². The summed E-state index contributed by atoms with van der Waals surface area (Å²) in [5.41, 5.74) is 2.40. The molecule has 0 aliphatic carbocycles. The third-order valence-electron chi connectivity index (χ3n) is 3.11. The topological polar surface area (TPSA) is 21.3 Å². The molecular weight excluding hydrogens is 358 g/mol. The number of rotatable bonds is 6. The molecule has 1 heterocycles. The smallest absolute Gasteiger partial charge is 0.122 e. The molecule has 0 radical (unpaired) electrons. The van der Waals surface area contributed by atoms with Crippen molar-refractivity contribution in [3.63, 3.8) is 0 Å². The summed E-state index contributed by atoms with van der Waals surface area (Å²) in [4.78, 5) is 0. The van der Waals surface area contributed by atoms with E-state index in [1.54, 1.807) is 18.4 Å². The summed E-state index contributed by atoms with van der Waals surface area (Å²) >= 11 is 11.3. The summed E-state index contributed by atoms with van der Waals surface area (Å²) < 4.78 is 6.57. The summed E-state index contributed by atoms with van der Waals surface area (Å²) in [5, 5.41) is 6.43. The Labute approximate surface area is 137 Å². The average molecular weight is 375 g/mol. The number of methoxy groups -OCH3 is 1. The van der Waals surface area contributed by atoms with Crippen LogP contribution in [0.1, 0.15) is 24.1 Å². The molecule has 1 aromatic heterocycles. The van der Waals surface area contributed by atoms with Crippen LogP contribution in [-0.2, 0) is 6.42 Å². The van der Waals surface area contributed by atoms with Crippen LogP contribution in [0.5, 0.6) is 5.75 Å². The second kappa shape index (κ2) is 7.46. The fourth-order valence-corrected chi connectivity index (χ4v) is 3.61. The second-order valence-electron chi connectivity index (χ2n) is 4.45. The van der Waals surface area contributed by atoms with Gasteiger partial charge >= 0.3 is 0 Å². The molecule has 108 valence electrons. The van der Waals surface area contributed by atoms with Gasteiger partial charge in [0.15, 0.2) is 0 Å². The Hall–Kier alpha value is -0.550. The number of nitrogens with one attached hydrogen (secondary N) is 1. The van der Waals surface area contributed by atoms with Crippen LogP contribution >= 0.6 is 38.9 Å². The lowest BCUT2D eigenvalue weighted by Gasteiger charge is -2.18. The molecule has 5 heteroatoms. The zero-order chi connectivity index (χ0) is 14.5. The van der Waals surface area contributed by atoms with Crippen LogP contribution in [0.4, 0.5) is 0 Å². The average Bonchev–Trinajstić information content (AvgIpc) is 2.85. The van der Waals surface area contributed by atoms with E-state index in [9.17, 15) is 0 Å². The Kier molecular flexibility index (Phi) is 5.90. The normalized spacial score (nSPS) is 12.4. The van der Waals surface area contributed by atoms with Crippen LogP contribution in [0.3, 0.4) is 0 Å². The number of likely N-dealkylation sites (N-methyl/N-ethyl adjacent to an activating group) is 1. The van der Waals surface area contributed by atoms with Crippen molar-refractivity contribution >= 4 is 38.9 Å². The fourth-order valence-electron chi connectivity index (χ4n) is 2.19. The van der Waals surface area contributed by atoms with Crippen molar-refractivity contribution in [3.8, 4) is 5.75 Å². The highest BCUT2D eigenvalue weighted by Crippen LogP contribution is 2.31. The van der Waals surface area contributed by atoms with Gasteiger partial charge in [0.25, 0.3) is 0 Å². The molecule has 0 saturated carbocycles. The Balaban J connectivity index is 2.26. The summed E-state index contributed by atoms with van der Waals surface area (Å²) in [6, 6.07) is 8.17. The van der Waals surface area contributed by atoms with Gasteiger partial charge in [0, 0.05) is 11.1 Å². The van der Waals surface area contributed by atoms with Crippen LogP contribution in [0.25, 0.3) is 0 Å². The van der Waals surface area contributed by atoms with E-state index in [4.69, 9.17) is 16.3 Å². The molecular formula is C15H17BrClNOS. The molecule has 0 bridgehead atoms. The van der Waals surface area contributed by atoms with Gasteiger partial charge in [-0.2, -0.15) is 0 Å². The molecule has 0 saturated heterocycles. The first-order chi connectivity index (χ1) is 9.63. The van der Waals surface area contributed by atoms with Gasteiger partial charge in [0.2, 0.25) is 0 Å². The molecule has 2 nitrogen and oxygen atoms in total. The summed E-state index contributed by atoms with van der Waals surface area (Å²) in [6.07, 6.45) is 0.848. The zero-order valence-corrected chi connectivity index (χ0v) is 14.6.